The number of amides is 2. The van der Waals surface area contributed by atoms with Crippen molar-refractivity contribution >= 4 is 23.4 Å². The summed E-state index contributed by atoms with van der Waals surface area (Å²) >= 11 is 5.31. The van der Waals surface area contributed by atoms with Gasteiger partial charge in [0.15, 0.2) is 0 Å². The average Bonchev–Trinajstić information content (AvgIpc) is 2.37. The lowest BCUT2D eigenvalue weighted by Gasteiger charge is -2.08. The third-order valence-corrected chi connectivity index (χ3v) is 2.78. The number of benzene rings is 1. The highest BCUT2D eigenvalue weighted by atomic mass is 35.5. The van der Waals surface area contributed by atoms with Crippen molar-refractivity contribution in [2.45, 2.75) is 19.9 Å². The van der Waals surface area contributed by atoms with E-state index in [4.69, 9.17) is 11.6 Å². The molecule has 1 aromatic carbocycles. The third kappa shape index (κ3) is 5.19. The number of hydrogen-bond acceptors (Lipinski definition) is 2. The smallest absolute Gasteiger partial charge is 0.234 e. The van der Waals surface area contributed by atoms with Gasteiger partial charge in [0.2, 0.25) is 11.8 Å². The molecule has 2 amide bonds. The van der Waals surface area contributed by atoms with Gasteiger partial charge in [-0.1, -0.05) is 24.3 Å². The van der Waals surface area contributed by atoms with Crippen LogP contribution in [0, 0.1) is 6.92 Å². The van der Waals surface area contributed by atoms with Crippen LogP contribution < -0.4 is 10.6 Å². The van der Waals surface area contributed by atoms with Crippen LogP contribution in [0.3, 0.4) is 0 Å². The highest BCUT2D eigenvalue weighted by Gasteiger charge is 2.04. The zero-order chi connectivity index (χ0) is 13.4. The second-order valence-corrected chi connectivity index (χ2v) is 4.20. The van der Waals surface area contributed by atoms with Crippen LogP contribution in [-0.4, -0.2) is 24.2 Å². The molecular formula is C13H17ClN2O2. The van der Waals surface area contributed by atoms with Gasteiger partial charge in [-0.2, -0.15) is 0 Å². The second kappa shape index (κ2) is 7.71. The lowest BCUT2D eigenvalue weighted by atomic mass is 10.1. The molecule has 0 aliphatic rings. The Balaban J connectivity index is 2.25. The van der Waals surface area contributed by atoms with Gasteiger partial charge in [-0.15, -0.1) is 11.6 Å². The number of alkyl halides is 1. The highest BCUT2D eigenvalue weighted by molar-refractivity contribution is 6.27. The zero-order valence-electron chi connectivity index (χ0n) is 10.3. The number of hydrogen-bond donors (Lipinski definition) is 2. The topological polar surface area (TPSA) is 58.2 Å². The van der Waals surface area contributed by atoms with Crippen molar-refractivity contribution in [2.24, 2.45) is 0 Å². The molecule has 0 saturated carbocycles. The summed E-state index contributed by atoms with van der Waals surface area (Å²) in [5, 5.41) is 5.35. The van der Waals surface area contributed by atoms with Crippen molar-refractivity contribution in [3.63, 3.8) is 0 Å². The van der Waals surface area contributed by atoms with E-state index < -0.39 is 0 Å². The molecule has 1 rings (SSSR count). The molecule has 1 aromatic rings. The lowest BCUT2D eigenvalue weighted by molar-refractivity contribution is -0.121. The Morgan fingerprint density at radius 1 is 1.17 bits per heavy atom. The van der Waals surface area contributed by atoms with Gasteiger partial charge in [0, 0.05) is 19.5 Å². The van der Waals surface area contributed by atoms with Crippen LogP contribution in [0.2, 0.25) is 0 Å². The predicted molar refractivity (Wildman–Crippen MR) is 71.4 cm³/mol. The fraction of sp³-hybridized carbons (Fsp3) is 0.385. The summed E-state index contributed by atoms with van der Waals surface area (Å²) in [7, 11) is 0. The summed E-state index contributed by atoms with van der Waals surface area (Å²) < 4.78 is 0. The van der Waals surface area contributed by atoms with Crippen molar-refractivity contribution in [3.05, 3.63) is 35.4 Å². The minimum atomic E-state index is -0.261. The summed E-state index contributed by atoms with van der Waals surface area (Å²) in [5.41, 5.74) is 2.24. The number of nitrogens with one attached hydrogen (secondary N) is 2. The monoisotopic (exact) mass is 268 g/mol. The van der Waals surface area contributed by atoms with Gasteiger partial charge in [0.05, 0.1) is 0 Å². The Morgan fingerprint density at radius 2 is 1.89 bits per heavy atom. The molecule has 4 nitrogen and oxygen atoms in total. The van der Waals surface area contributed by atoms with Gasteiger partial charge in [0.1, 0.15) is 5.88 Å². The Hall–Kier alpha value is -1.55. The number of carbonyl (C=O) groups excluding carboxylic acids is 2. The molecule has 0 unspecified atom stereocenters. The minimum Gasteiger partial charge on any atom is -0.355 e. The van der Waals surface area contributed by atoms with E-state index in [9.17, 15) is 9.59 Å². The quantitative estimate of drug-likeness (QED) is 0.766. The van der Waals surface area contributed by atoms with E-state index in [2.05, 4.69) is 10.6 Å². The molecule has 0 radical (unpaired) electrons. The number of rotatable bonds is 6. The third-order valence-electron chi connectivity index (χ3n) is 2.53. The maximum Gasteiger partial charge on any atom is 0.234 e. The van der Waals surface area contributed by atoms with E-state index in [-0.39, 0.29) is 24.1 Å². The largest absolute Gasteiger partial charge is 0.355 e. The van der Waals surface area contributed by atoms with E-state index >= 15 is 0 Å². The first-order valence-electron chi connectivity index (χ1n) is 5.77. The molecule has 0 atom stereocenters. The Bertz CT molecular complexity index is 421. The van der Waals surface area contributed by atoms with E-state index in [0.29, 0.717) is 13.1 Å². The standard InChI is InChI=1S/C13H17ClN2O2/c1-10-4-2-3-5-11(10)9-16-12(17)6-7-15-13(18)8-14/h2-5H,6-9H2,1H3,(H,15,18)(H,16,17). The van der Waals surface area contributed by atoms with E-state index in [1.54, 1.807) is 0 Å². The summed E-state index contributed by atoms with van der Waals surface area (Å²) in [6.07, 6.45) is 0.258. The first-order valence-corrected chi connectivity index (χ1v) is 6.31. The molecule has 0 aliphatic heterocycles. The molecule has 0 spiro atoms. The van der Waals surface area contributed by atoms with Gasteiger partial charge >= 0.3 is 0 Å². The predicted octanol–water partition coefficient (Wildman–Crippen LogP) is 1.36. The highest BCUT2D eigenvalue weighted by Crippen LogP contribution is 2.05. The molecule has 98 valence electrons. The van der Waals surface area contributed by atoms with Crippen LogP contribution in [0.5, 0.6) is 0 Å². The van der Waals surface area contributed by atoms with Crippen molar-refractivity contribution in [3.8, 4) is 0 Å². The fourth-order valence-electron chi connectivity index (χ4n) is 1.45. The van der Waals surface area contributed by atoms with Gasteiger partial charge in [0.25, 0.3) is 0 Å². The van der Waals surface area contributed by atoms with Crippen molar-refractivity contribution in [1.82, 2.24) is 10.6 Å². The first kappa shape index (κ1) is 14.5. The van der Waals surface area contributed by atoms with Crippen molar-refractivity contribution in [2.75, 3.05) is 12.4 Å². The van der Waals surface area contributed by atoms with Gasteiger partial charge in [-0.05, 0) is 18.1 Å². The number of halogens is 1. The zero-order valence-corrected chi connectivity index (χ0v) is 11.1. The normalized spacial score (nSPS) is 9.89. The van der Waals surface area contributed by atoms with Crippen LogP contribution >= 0.6 is 11.6 Å². The Morgan fingerprint density at radius 3 is 2.56 bits per heavy atom. The Kier molecular flexibility index (Phi) is 6.22. The van der Waals surface area contributed by atoms with Crippen LogP contribution in [0.25, 0.3) is 0 Å². The van der Waals surface area contributed by atoms with E-state index in [1.165, 1.54) is 0 Å². The summed E-state index contributed by atoms with van der Waals surface area (Å²) in [6, 6.07) is 7.88. The van der Waals surface area contributed by atoms with Crippen LogP contribution in [0.4, 0.5) is 0 Å². The average molecular weight is 269 g/mol. The summed E-state index contributed by atoms with van der Waals surface area (Å²) in [5.74, 6) is -0.429. The number of aryl methyl sites for hydroxylation is 1. The van der Waals surface area contributed by atoms with Crippen LogP contribution in [-0.2, 0) is 16.1 Å². The van der Waals surface area contributed by atoms with Gasteiger partial charge in [-0.3, -0.25) is 9.59 Å². The molecule has 18 heavy (non-hydrogen) atoms. The lowest BCUT2D eigenvalue weighted by Crippen LogP contribution is -2.31. The van der Waals surface area contributed by atoms with Crippen molar-refractivity contribution < 1.29 is 9.59 Å². The molecule has 0 heterocycles. The maximum atomic E-state index is 11.5. The Labute approximate surface area is 112 Å². The molecule has 0 aromatic heterocycles. The van der Waals surface area contributed by atoms with Crippen LogP contribution in [0.1, 0.15) is 17.5 Å². The number of carbonyl (C=O) groups is 2. The molecule has 0 fully saturated rings. The first-order chi connectivity index (χ1) is 8.63. The second-order valence-electron chi connectivity index (χ2n) is 3.94. The fourth-order valence-corrected chi connectivity index (χ4v) is 1.55. The maximum absolute atomic E-state index is 11.5. The molecule has 5 heteroatoms. The SMILES string of the molecule is Cc1ccccc1CNC(=O)CCNC(=O)CCl. The van der Waals surface area contributed by atoms with Crippen molar-refractivity contribution in [1.29, 1.82) is 0 Å². The molecule has 0 bridgehead atoms. The molecule has 0 aliphatic carbocycles. The molecule has 2 N–H and O–H groups in total. The minimum absolute atomic E-state index is 0.0785. The summed E-state index contributed by atoms with van der Waals surface area (Å²) in [4.78, 5) is 22.3. The summed E-state index contributed by atoms with van der Waals surface area (Å²) in [6.45, 7) is 2.82. The van der Waals surface area contributed by atoms with E-state index in [0.717, 1.165) is 11.1 Å². The molecular weight excluding hydrogens is 252 g/mol. The molecule has 0 saturated heterocycles. The van der Waals surface area contributed by atoms with Gasteiger partial charge in [-0.25, -0.2) is 0 Å². The van der Waals surface area contributed by atoms with Crippen LogP contribution in [0.15, 0.2) is 24.3 Å². The van der Waals surface area contributed by atoms with E-state index in [1.807, 2.05) is 31.2 Å². The van der Waals surface area contributed by atoms with Gasteiger partial charge < -0.3 is 10.6 Å².